The number of anilines is 1. The number of halogens is 5. The van der Waals surface area contributed by atoms with Crippen molar-refractivity contribution in [2.24, 2.45) is 5.73 Å². The highest BCUT2D eigenvalue weighted by Gasteiger charge is 2.31. The molecule has 0 saturated carbocycles. The van der Waals surface area contributed by atoms with Gasteiger partial charge in [0, 0.05) is 18.5 Å². The average Bonchev–Trinajstić information content (AvgIpc) is 3.13. The van der Waals surface area contributed by atoms with Crippen molar-refractivity contribution in [3.63, 3.8) is 0 Å². The fraction of sp³-hybridized carbons (Fsp3) is 0.312. The number of rotatable bonds is 6. The highest BCUT2D eigenvalue weighted by Crippen LogP contribution is 2.36. The van der Waals surface area contributed by atoms with Gasteiger partial charge in [0.25, 0.3) is 0 Å². The molecule has 0 amide bonds. The summed E-state index contributed by atoms with van der Waals surface area (Å²) in [7, 11) is 0. The van der Waals surface area contributed by atoms with E-state index in [1.54, 1.807) is 24.5 Å². The second kappa shape index (κ2) is 7.50. The molecule has 0 unspecified atom stereocenters. The van der Waals surface area contributed by atoms with Crippen molar-refractivity contribution in [2.45, 2.75) is 31.6 Å². The highest BCUT2D eigenvalue weighted by molar-refractivity contribution is 9.10. The molecule has 0 saturated heterocycles. The first-order valence-corrected chi connectivity index (χ1v) is 8.76. The van der Waals surface area contributed by atoms with E-state index in [1.165, 1.54) is 0 Å². The third-order valence-electron chi connectivity index (χ3n) is 3.59. The molecule has 10 heteroatoms. The number of hydrogen-bond donors (Lipinski definition) is 2. The van der Waals surface area contributed by atoms with Gasteiger partial charge in [-0.2, -0.15) is 13.2 Å². The molecule has 0 aliphatic rings. The summed E-state index contributed by atoms with van der Waals surface area (Å²) in [4.78, 5) is 4.18. The number of nitrogens with zero attached hydrogens (tertiary/aromatic N) is 1. The summed E-state index contributed by atoms with van der Waals surface area (Å²) in [5.41, 5.74) is 6.93. The van der Waals surface area contributed by atoms with Gasteiger partial charge in [-0.15, -0.1) is 0 Å². The Labute approximate surface area is 159 Å². The molecule has 0 fully saturated rings. The predicted octanol–water partition coefficient (Wildman–Crippen LogP) is 5.27. The second-order valence-corrected chi connectivity index (χ2v) is 6.91. The molecule has 0 spiro atoms. The Morgan fingerprint density at radius 2 is 2.15 bits per heavy atom. The topological polar surface area (TPSA) is 77.2 Å². The Bertz CT molecular complexity index is 896. The Morgan fingerprint density at radius 1 is 1.38 bits per heavy atom. The molecule has 0 aliphatic carbocycles. The Kier molecular flexibility index (Phi) is 5.50. The first-order chi connectivity index (χ1) is 12.2. The van der Waals surface area contributed by atoms with Gasteiger partial charge in [0.05, 0.1) is 29.4 Å². The lowest BCUT2D eigenvalue weighted by molar-refractivity contribution is -0.138. The van der Waals surface area contributed by atoms with E-state index in [9.17, 15) is 13.2 Å². The molecule has 3 aromatic heterocycles. The van der Waals surface area contributed by atoms with Gasteiger partial charge in [0.15, 0.2) is 5.58 Å². The van der Waals surface area contributed by atoms with Crippen molar-refractivity contribution in [1.29, 1.82) is 0 Å². The average molecular weight is 453 g/mol. The number of pyridine rings is 1. The Hall–Kier alpha value is -1.71. The molecule has 3 rings (SSSR count). The van der Waals surface area contributed by atoms with E-state index < -0.39 is 18.6 Å². The Balaban J connectivity index is 1.87. The molecule has 1 atom stereocenters. The minimum atomic E-state index is -4.34. The van der Waals surface area contributed by atoms with E-state index in [1.807, 2.05) is 0 Å². The van der Waals surface area contributed by atoms with Gasteiger partial charge in [-0.1, -0.05) is 11.6 Å². The van der Waals surface area contributed by atoms with Gasteiger partial charge in [-0.25, -0.2) is 4.98 Å². The molecule has 0 bridgehead atoms. The summed E-state index contributed by atoms with van der Waals surface area (Å²) in [5, 5.41) is 3.33. The molecular formula is C16H14BrClF3N3O2. The van der Waals surface area contributed by atoms with Crippen molar-refractivity contribution in [3.8, 4) is 0 Å². The molecule has 26 heavy (non-hydrogen) atoms. The largest absolute Gasteiger partial charge is 0.467 e. The van der Waals surface area contributed by atoms with Crippen LogP contribution in [0, 0.1) is 0 Å². The third kappa shape index (κ3) is 4.52. The van der Waals surface area contributed by atoms with Crippen LogP contribution in [0.15, 0.2) is 37.8 Å². The van der Waals surface area contributed by atoms with Crippen molar-refractivity contribution >= 4 is 44.3 Å². The van der Waals surface area contributed by atoms with Crippen molar-refractivity contribution < 1.29 is 22.0 Å². The number of aromatic nitrogens is 1. The van der Waals surface area contributed by atoms with E-state index in [2.05, 4.69) is 26.2 Å². The first kappa shape index (κ1) is 19.1. The maximum atomic E-state index is 12.5. The number of furan rings is 2. The standard InChI is InChI=1S/C16H14BrClF3N3O2/c17-13-11(4-8(22)6-16(19,20)21)26-15-10(5-12(18)24-14(13)15)23-7-9-2-1-3-25-9/h1-3,5,8H,4,6-7,22H2,(H,23,24)/t8-/m1/s1. The van der Waals surface area contributed by atoms with E-state index in [0.29, 0.717) is 33.6 Å². The van der Waals surface area contributed by atoms with Crippen LogP contribution in [0.4, 0.5) is 18.9 Å². The van der Waals surface area contributed by atoms with Crippen molar-refractivity contribution in [2.75, 3.05) is 5.32 Å². The first-order valence-electron chi connectivity index (χ1n) is 7.59. The van der Waals surface area contributed by atoms with Crippen molar-refractivity contribution in [3.05, 3.63) is 45.6 Å². The molecule has 3 N–H and O–H groups in total. The van der Waals surface area contributed by atoms with Gasteiger partial charge in [0.1, 0.15) is 22.2 Å². The molecule has 0 aliphatic heterocycles. The summed E-state index contributed by atoms with van der Waals surface area (Å²) in [6, 6.07) is 4.01. The number of hydrogen-bond acceptors (Lipinski definition) is 5. The van der Waals surface area contributed by atoms with E-state index in [-0.39, 0.29) is 17.3 Å². The summed E-state index contributed by atoms with van der Waals surface area (Å²) >= 11 is 9.37. The molecule has 0 radical (unpaired) electrons. The normalized spacial score (nSPS) is 13.3. The fourth-order valence-electron chi connectivity index (χ4n) is 2.52. The highest BCUT2D eigenvalue weighted by atomic mass is 79.9. The molecule has 3 aromatic rings. The van der Waals surface area contributed by atoms with Crippen LogP contribution in [0.25, 0.3) is 11.1 Å². The molecule has 140 valence electrons. The SMILES string of the molecule is N[C@H](Cc1oc2c(NCc3ccco3)cc(Cl)nc2c1Br)CC(F)(F)F. The zero-order valence-corrected chi connectivity index (χ0v) is 15.6. The molecular weight excluding hydrogens is 439 g/mol. The van der Waals surface area contributed by atoms with Crippen LogP contribution in [0.3, 0.4) is 0 Å². The van der Waals surface area contributed by atoms with Crippen LogP contribution in [-0.2, 0) is 13.0 Å². The number of fused-ring (bicyclic) bond motifs is 1. The lowest BCUT2D eigenvalue weighted by Crippen LogP contribution is -2.29. The van der Waals surface area contributed by atoms with Gasteiger partial charge in [-0.3, -0.25) is 0 Å². The van der Waals surface area contributed by atoms with Gasteiger partial charge in [-0.05, 0) is 28.1 Å². The predicted molar refractivity (Wildman–Crippen MR) is 95.1 cm³/mol. The lowest BCUT2D eigenvalue weighted by Gasteiger charge is -2.12. The molecule has 0 aromatic carbocycles. The van der Waals surface area contributed by atoms with E-state index in [4.69, 9.17) is 26.2 Å². The van der Waals surface area contributed by atoms with Crippen LogP contribution < -0.4 is 11.1 Å². The minimum absolute atomic E-state index is 0.0916. The minimum Gasteiger partial charge on any atom is -0.467 e. The Morgan fingerprint density at radius 3 is 2.81 bits per heavy atom. The third-order valence-corrected chi connectivity index (χ3v) is 4.61. The fourth-order valence-corrected chi connectivity index (χ4v) is 3.23. The smallest absolute Gasteiger partial charge is 0.390 e. The zero-order chi connectivity index (χ0) is 18.9. The lowest BCUT2D eigenvalue weighted by atomic mass is 10.1. The van der Waals surface area contributed by atoms with Gasteiger partial charge in [0.2, 0.25) is 0 Å². The zero-order valence-electron chi connectivity index (χ0n) is 13.2. The number of nitrogens with two attached hydrogens (primary N) is 1. The van der Waals surface area contributed by atoms with E-state index >= 15 is 0 Å². The number of alkyl halides is 3. The summed E-state index contributed by atoms with van der Waals surface area (Å²) < 4.78 is 48.9. The van der Waals surface area contributed by atoms with Crippen LogP contribution >= 0.6 is 27.5 Å². The van der Waals surface area contributed by atoms with Crippen LogP contribution in [0.2, 0.25) is 5.15 Å². The summed E-state index contributed by atoms with van der Waals surface area (Å²) in [5.74, 6) is 0.983. The quantitative estimate of drug-likeness (QED) is 0.498. The molecule has 3 heterocycles. The second-order valence-electron chi connectivity index (χ2n) is 5.73. The summed E-state index contributed by atoms with van der Waals surface area (Å²) in [6.45, 7) is 0.379. The van der Waals surface area contributed by atoms with Crippen molar-refractivity contribution in [1.82, 2.24) is 4.98 Å². The van der Waals surface area contributed by atoms with Gasteiger partial charge < -0.3 is 19.9 Å². The number of nitrogens with one attached hydrogen (secondary N) is 1. The van der Waals surface area contributed by atoms with Crippen LogP contribution in [0.1, 0.15) is 17.9 Å². The summed E-state index contributed by atoms with van der Waals surface area (Å²) in [6.07, 6.45) is -3.98. The molecule has 5 nitrogen and oxygen atoms in total. The maximum Gasteiger partial charge on any atom is 0.390 e. The van der Waals surface area contributed by atoms with Gasteiger partial charge >= 0.3 is 6.18 Å². The maximum absolute atomic E-state index is 12.5. The van der Waals surface area contributed by atoms with Crippen LogP contribution in [0.5, 0.6) is 0 Å². The monoisotopic (exact) mass is 451 g/mol. The van der Waals surface area contributed by atoms with Crippen LogP contribution in [-0.4, -0.2) is 17.2 Å². The van der Waals surface area contributed by atoms with E-state index in [0.717, 1.165) is 0 Å².